The van der Waals surface area contributed by atoms with E-state index >= 15 is 0 Å². The van der Waals surface area contributed by atoms with Gasteiger partial charge in [0.1, 0.15) is 6.04 Å². The number of piperidine rings is 1. The summed E-state index contributed by atoms with van der Waals surface area (Å²) in [6.45, 7) is 1.85. The molecule has 2 amide bonds. The number of hydrogen-bond acceptors (Lipinski definition) is 4. The van der Waals surface area contributed by atoms with Crippen LogP contribution in [0.4, 0.5) is 0 Å². The summed E-state index contributed by atoms with van der Waals surface area (Å²) >= 11 is 0. The molecule has 20 heavy (non-hydrogen) atoms. The lowest BCUT2D eigenvalue weighted by molar-refractivity contribution is -0.136. The Bertz CT molecular complexity index is 779. The number of nitrogens with zero attached hydrogens (tertiary/aromatic N) is 2. The summed E-state index contributed by atoms with van der Waals surface area (Å²) in [7, 11) is 0. The van der Waals surface area contributed by atoms with Crippen molar-refractivity contribution in [3.63, 3.8) is 0 Å². The monoisotopic (exact) mass is 271 g/mol. The molecule has 1 aliphatic rings. The maximum Gasteiger partial charge on any atom is 0.275 e. The van der Waals surface area contributed by atoms with E-state index in [1.165, 1.54) is 4.68 Å². The summed E-state index contributed by atoms with van der Waals surface area (Å²) in [5.41, 5.74) is 0.547. The Morgan fingerprint density at radius 3 is 2.85 bits per heavy atom. The molecule has 0 spiro atoms. The number of aryl methyl sites for hydroxylation is 1. The fourth-order valence-electron chi connectivity index (χ4n) is 2.52. The lowest BCUT2D eigenvalue weighted by Crippen LogP contribution is -2.45. The highest BCUT2D eigenvalue weighted by atomic mass is 16.2. The molecule has 102 valence electrons. The average Bonchev–Trinajstić information content (AvgIpc) is 2.40. The van der Waals surface area contributed by atoms with Gasteiger partial charge in [0.2, 0.25) is 5.91 Å². The molecule has 0 aliphatic carbocycles. The van der Waals surface area contributed by atoms with Crippen molar-refractivity contribution >= 4 is 22.6 Å². The predicted octanol–water partition coefficient (Wildman–Crippen LogP) is 0.683. The third-order valence-corrected chi connectivity index (χ3v) is 3.55. The van der Waals surface area contributed by atoms with E-state index in [-0.39, 0.29) is 17.9 Å². The quantitative estimate of drug-likeness (QED) is 0.773. The zero-order chi connectivity index (χ0) is 14.3. The number of carbonyl (C=O) groups excluding carboxylic acids is 2. The number of aromatic nitrogens is 2. The number of carbonyl (C=O) groups is 2. The number of hydrogen-bond donors (Lipinski definition) is 1. The van der Waals surface area contributed by atoms with E-state index in [2.05, 4.69) is 10.4 Å². The molecular weight excluding hydrogens is 258 g/mol. The third kappa shape index (κ3) is 1.89. The first-order valence-corrected chi connectivity index (χ1v) is 6.39. The van der Waals surface area contributed by atoms with Crippen molar-refractivity contribution in [2.24, 2.45) is 0 Å². The van der Waals surface area contributed by atoms with Crippen LogP contribution in [0.5, 0.6) is 0 Å². The SMILES string of the molecule is Cc1cccc2cnn(C3CCC(=O)NC3=O)c(=O)c12. The van der Waals surface area contributed by atoms with Crippen LogP contribution in [0.2, 0.25) is 0 Å². The van der Waals surface area contributed by atoms with Crippen LogP contribution in [0.1, 0.15) is 24.4 Å². The molecule has 0 saturated carbocycles. The molecule has 0 radical (unpaired) electrons. The molecule has 1 aliphatic heterocycles. The standard InChI is InChI=1S/C14H13N3O3/c1-8-3-2-4-9-7-15-17(14(20)12(8)9)10-5-6-11(18)16-13(10)19/h2-4,7,10H,5-6H2,1H3,(H,16,18,19). The third-order valence-electron chi connectivity index (χ3n) is 3.55. The number of amides is 2. The van der Waals surface area contributed by atoms with E-state index in [1.54, 1.807) is 6.20 Å². The molecule has 2 heterocycles. The van der Waals surface area contributed by atoms with Gasteiger partial charge in [0, 0.05) is 11.8 Å². The zero-order valence-corrected chi connectivity index (χ0v) is 10.9. The van der Waals surface area contributed by atoms with Gasteiger partial charge < -0.3 is 0 Å². The zero-order valence-electron chi connectivity index (χ0n) is 10.9. The van der Waals surface area contributed by atoms with Gasteiger partial charge in [-0.05, 0) is 18.9 Å². The van der Waals surface area contributed by atoms with Crippen LogP contribution < -0.4 is 10.9 Å². The molecule has 1 atom stereocenters. The molecule has 3 rings (SSSR count). The van der Waals surface area contributed by atoms with Crippen molar-refractivity contribution < 1.29 is 9.59 Å². The van der Waals surface area contributed by atoms with Gasteiger partial charge in [-0.2, -0.15) is 5.10 Å². The highest BCUT2D eigenvalue weighted by Crippen LogP contribution is 2.18. The van der Waals surface area contributed by atoms with Crippen LogP contribution in [0.15, 0.2) is 29.2 Å². The van der Waals surface area contributed by atoms with Crippen molar-refractivity contribution in [2.45, 2.75) is 25.8 Å². The van der Waals surface area contributed by atoms with Gasteiger partial charge in [-0.1, -0.05) is 18.2 Å². The van der Waals surface area contributed by atoms with Crippen LogP contribution >= 0.6 is 0 Å². The molecule has 6 nitrogen and oxygen atoms in total. The molecule has 2 aromatic rings. The Labute approximate surface area is 114 Å². The molecule has 1 saturated heterocycles. The topological polar surface area (TPSA) is 81.1 Å². The number of imide groups is 1. The van der Waals surface area contributed by atoms with Gasteiger partial charge >= 0.3 is 0 Å². The van der Waals surface area contributed by atoms with Crippen molar-refractivity contribution in [1.82, 2.24) is 15.1 Å². The maximum absolute atomic E-state index is 12.5. The summed E-state index contributed by atoms with van der Waals surface area (Å²) in [5, 5.41) is 7.63. The molecule has 6 heteroatoms. The van der Waals surface area contributed by atoms with Crippen molar-refractivity contribution in [3.05, 3.63) is 40.3 Å². The molecule has 1 aromatic carbocycles. The van der Waals surface area contributed by atoms with Crippen LogP contribution in [-0.2, 0) is 9.59 Å². The first-order chi connectivity index (χ1) is 9.58. The van der Waals surface area contributed by atoms with Gasteiger partial charge in [-0.15, -0.1) is 0 Å². The van der Waals surface area contributed by atoms with E-state index in [9.17, 15) is 14.4 Å². The second-order valence-electron chi connectivity index (χ2n) is 4.90. The average molecular weight is 271 g/mol. The lowest BCUT2D eigenvalue weighted by Gasteiger charge is -2.21. The van der Waals surface area contributed by atoms with Crippen LogP contribution in [0, 0.1) is 6.92 Å². The molecule has 0 bridgehead atoms. The lowest BCUT2D eigenvalue weighted by atomic mass is 10.1. The van der Waals surface area contributed by atoms with E-state index in [1.807, 2.05) is 25.1 Å². The summed E-state index contributed by atoms with van der Waals surface area (Å²) in [6.07, 6.45) is 2.10. The first kappa shape index (κ1) is 12.5. The van der Waals surface area contributed by atoms with Crippen LogP contribution in [0.3, 0.4) is 0 Å². The fraction of sp³-hybridized carbons (Fsp3) is 0.286. The second-order valence-corrected chi connectivity index (χ2v) is 4.90. The Hall–Kier alpha value is -2.50. The number of fused-ring (bicyclic) bond motifs is 1. The smallest absolute Gasteiger partial charge is 0.275 e. The van der Waals surface area contributed by atoms with Crippen LogP contribution in [0.25, 0.3) is 10.8 Å². The number of nitrogens with one attached hydrogen (secondary N) is 1. The van der Waals surface area contributed by atoms with Crippen molar-refractivity contribution in [1.29, 1.82) is 0 Å². The van der Waals surface area contributed by atoms with Crippen LogP contribution in [-0.4, -0.2) is 21.6 Å². The molecule has 1 aromatic heterocycles. The minimum absolute atomic E-state index is 0.219. The van der Waals surface area contributed by atoms with E-state index in [0.717, 1.165) is 10.9 Å². The summed E-state index contributed by atoms with van der Waals surface area (Å²) in [4.78, 5) is 35.5. The van der Waals surface area contributed by atoms with Gasteiger partial charge in [0.15, 0.2) is 0 Å². The minimum atomic E-state index is -0.718. The van der Waals surface area contributed by atoms with Gasteiger partial charge in [-0.3, -0.25) is 19.7 Å². The van der Waals surface area contributed by atoms with Gasteiger partial charge in [-0.25, -0.2) is 4.68 Å². The summed E-state index contributed by atoms with van der Waals surface area (Å²) in [5.74, 6) is -0.778. The number of benzene rings is 1. The molecular formula is C14H13N3O3. The Balaban J connectivity index is 2.16. The molecule has 1 N–H and O–H groups in total. The van der Waals surface area contributed by atoms with Crippen molar-refractivity contribution in [3.8, 4) is 0 Å². The van der Waals surface area contributed by atoms with Gasteiger partial charge in [0.25, 0.3) is 11.5 Å². The second kappa shape index (κ2) is 4.56. The maximum atomic E-state index is 12.5. The van der Waals surface area contributed by atoms with E-state index < -0.39 is 11.9 Å². The Morgan fingerprint density at radius 2 is 2.10 bits per heavy atom. The highest BCUT2D eigenvalue weighted by Gasteiger charge is 2.29. The summed E-state index contributed by atoms with van der Waals surface area (Å²) < 4.78 is 1.18. The number of rotatable bonds is 1. The minimum Gasteiger partial charge on any atom is -0.295 e. The first-order valence-electron chi connectivity index (χ1n) is 6.39. The van der Waals surface area contributed by atoms with Crippen molar-refractivity contribution in [2.75, 3.05) is 0 Å². The normalized spacial score (nSPS) is 19.1. The van der Waals surface area contributed by atoms with E-state index in [0.29, 0.717) is 11.8 Å². The molecule has 1 unspecified atom stereocenters. The Kier molecular flexibility index (Phi) is 2.85. The Morgan fingerprint density at radius 1 is 1.30 bits per heavy atom. The highest BCUT2D eigenvalue weighted by molar-refractivity contribution is 5.99. The van der Waals surface area contributed by atoms with E-state index in [4.69, 9.17) is 0 Å². The molecule has 1 fully saturated rings. The van der Waals surface area contributed by atoms with Gasteiger partial charge in [0.05, 0.1) is 11.6 Å². The fourth-order valence-corrected chi connectivity index (χ4v) is 2.52. The largest absolute Gasteiger partial charge is 0.295 e. The summed E-state index contributed by atoms with van der Waals surface area (Å²) in [6, 6.07) is 4.79. The predicted molar refractivity (Wildman–Crippen MR) is 72.2 cm³/mol.